The highest BCUT2D eigenvalue weighted by atomic mass is 19.1. The predicted molar refractivity (Wildman–Crippen MR) is 109 cm³/mol. The number of allylic oxidation sites excluding steroid dienone is 1. The van der Waals surface area contributed by atoms with Crippen LogP contribution in [0, 0.1) is 5.82 Å². The highest BCUT2D eigenvalue weighted by Gasteiger charge is 2.21. The molecule has 0 aliphatic carbocycles. The standard InChI is InChI=1S/C23H22FNO5/c1-23(2,3)30-22(28)25-12-4-5-18(25)19(26)14-20(27)21-11-10-17(29-21)13-15-6-8-16(24)9-7-15/h4-12,14,26H,13H2,1-3H3/b19-14-. The monoisotopic (exact) mass is 411 g/mol. The first-order chi connectivity index (χ1) is 14.1. The maximum absolute atomic E-state index is 13.0. The van der Waals surface area contributed by atoms with Gasteiger partial charge in [0.1, 0.15) is 22.9 Å². The fourth-order valence-electron chi connectivity index (χ4n) is 2.74. The van der Waals surface area contributed by atoms with Crippen molar-refractivity contribution in [3.63, 3.8) is 0 Å². The minimum atomic E-state index is -0.705. The largest absolute Gasteiger partial charge is 0.506 e. The molecule has 0 unspecified atom stereocenters. The van der Waals surface area contributed by atoms with Crippen molar-refractivity contribution in [1.29, 1.82) is 0 Å². The number of hydrogen-bond acceptors (Lipinski definition) is 5. The molecule has 0 bridgehead atoms. The second-order valence-corrected chi connectivity index (χ2v) is 7.71. The number of aliphatic hydroxyl groups excluding tert-OH is 1. The van der Waals surface area contributed by atoms with Crippen LogP contribution >= 0.6 is 0 Å². The summed E-state index contributed by atoms with van der Waals surface area (Å²) in [6.45, 7) is 5.19. The summed E-state index contributed by atoms with van der Waals surface area (Å²) in [5, 5.41) is 10.4. The summed E-state index contributed by atoms with van der Waals surface area (Å²) >= 11 is 0. The number of aliphatic hydroxyl groups is 1. The lowest BCUT2D eigenvalue weighted by atomic mass is 10.1. The molecule has 3 aromatic rings. The van der Waals surface area contributed by atoms with E-state index in [1.54, 1.807) is 45.0 Å². The summed E-state index contributed by atoms with van der Waals surface area (Å²) in [6.07, 6.45) is 2.14. The molecule has 0 saturated heterocycles. The van der Waals surface area contributed by atoms with Crippen molar-refractivity contribution in [2.75, 3.05) is 0 Å². The van der Waals surface area contributed by atoms with Gasteiger partial charge in [-0.05, 0) is 62.7 Å². The Kier molecular flexibility index (Phi) is 5.91. The minimum Gasteiger partial charge on any atom is -0.506 e. The number of benzene rings is 1. The molecule has 0 atom stereocenters. The van der Waals surface area contributed by atoms with E-state index in [-0.39, 0.29) is 17.3 Å². The molecule has 0 aliphatic heterocycles. The molecule has 30 heavy (non-hydrogen) atoms. The zero-order chi connectivity index (χ0) is 21.9. The van der Waals surface area contributed by atoms with Crippen molar-refractivity contribution in [3.05, 3.63) is 89.4 Å². The van der Waals surface area contributed by atoms with Crippen LogP contribution in [-0.4, -0.2) is 27.2 Å². The van der Waals surface area contributed by atoms with Gasteiger partial charge in [-0.15, -0.1) is 0 Å². The Morgan fingerprint density at radius 3 is 2.50 bits per heavy atom. The van der Waals surface area contributed by atoms with E-state index in [2.05, 4.69) is 0 Å². The zero-order valence-electron chi connectivity index (χ0n) is 16.9. The Morgan fingerprint density at radius 1 is 1.13 bits per heavy atom. The van der Waals surface area contributed by atoms with Crippen molar-refractivity contribution in [1.82, 2.24) is 4.57 Å². The lowest BCUT2D eigenvalue weighted by molar-refractivity contribution is 0.0534. The van der Waals surface area contributed by atoms with Gasteiger partial charge in [-0.1, -0.05) is 12.1 Å². The molecule has 0 aliphatic rings. The topological polar surface area (TPSA) is 81.7 Å². The predicted octanol–water partition coefficient (Wildman–Crippen LogP) is 5.38. The first-order valence-corrected chi connectivity index (χ1v) is 9.31. The third kappa shape index (κ3) is 5.26. The second kappa shape index (κ2) is 8.41. The molecule has 0 amide bonds. The number of aromatic nitrogens is 1. The van der Waals surface area contributed by atoms with Gasteiger partial charge >= 0.3 is 6.09 Å². The van der Waals surface area contributed by atoms with Gasteiger partial charge < -0.3 is 14.3 Å². The quantitative estimate of drug-likeness (QED) is 0.346. The molecule has 2 heterocycles. The van der Waals surface area contributed by atoms with Gasteiger partial charge in [0.15, 0.2) is 5.76 Å². The molecule has 2 aromatic heterocycles. The van der Waals surface area contributed by atoms with E-state index in [9.17, 15) is 19.1 Å². The molecular weight excluding hydrogens is 389 g/mol. The molecule has 0 fully saturated rings. The summed E-state index contributed by atoms with van der Waals surface area (Å²) in [5.41, 5.74) is 0.247. The maximum Gasteiger partial charge on any atom is 0.419 e. The van der Waals surface area contributed by atoms with Crippen molar-refractivity contribution in [2.45, 2.75) is 32.8 Å². The van der Waals surface area contributed by atoms with Crippen LogP contribution in [-0.2, 0) is 11.2 Å². The number of nitrogens with zero attached hydrogens (tertiary/aromatic N) is 1. The maximum atomic E-state index is 13.0. The Balaban J connectivity index is 1.74. The summed E-state index contributed by atoms with van der Waals surface area (Å²) in [6, 6.07) is 12.2. The fourth-order valence-corrected chi connectivity index (χ4v) is 2.74. The number of hydrogen-bond donors (Lipinski definition) is 1. The first-order valence-electron chi connectivity index (χ1n) is 9.31. The lowest BCUT2D eigenvalue weighted by Crippen LogP contribution is -2.27. The van der Waals surface area contributed by atoms with E-state index in [4.69, 9.17) is 9.15 Å². The van der Waals surface area contributed by atoms with Gasteiger partial charge in [-0.25, -0.2) is 13.8 Å². The fraction of sp³-hybridized carbons (Fsp3) is 0.217. The van der Waals surface area contributed by atoms with Gasteiger partial charge in [0.25, 0.3) is 0 Å². The lowest BCUT2D eigenvalue weighted by Gasteiger charge is -2.20. The van der Waals surface area contributed by atoms with Crippen LogP contribution < -0.4 is 0 Å². The molecule has 7 heteroatoms. The first kappa shape index (κ1) is 21.1. The van der Waals surface area contributed by atoms with Gasteiger partial charge in [0.2, 0.25) is 5.78 Å². The number of ether oxygens (including phenoxy) is 1. The highest BCUT2D eigenvalue weighted by molar-refractivity contribution is 6.06. The second-order valence-electron chi connectivity index (χ2n) is 7.71. The molecule has 0 saturated carbocycles. The van der Waals surface area contributed by atoms with E-state index in [0.29, 0.717) is 12.2 Å². The van der Waals surface area contributed by atoms with Crippen LogP contribution in [0.5, 0.6) is 0 Å². The van der Waals surface area contributed by atoms with Gasteiger partial charge in [0, 0.05) is 18.7 Å². The summed E-state index contributed by atoms with van der Waals surface area (Å²) < 4.78 is 25.0. The Labute approximate surface area is 173 Å². The number of ketones is 1. The Morgan fingerprint density at radius 2 is 1.83 bits per heavy atom. The van der Waals surface area contributed by atoms with Crippen molar-refractivity contribution < 1.29 is 28.2 Å². The Bertz CT molecular complexity index is 1080. The minimum absolute atomic E-state index is 0.0361. The van der Waals surface area contributed by atoms with Crippen molar-refractivity contribution >= 4 is 17.6 Å². The Hall–Kier alpha value is -3.61. The van der Waals surface area contributed by atoms with E-state index >= 15 is 0 Å². The average Bonchev–Trinajstić information content (AvgIpc) is 3.31. The summed E-state index contributed by atoms with van der Waals surface area (Å²) in [5.74, 6) is -0.725. The highest BCUT2D eigenvalue weighted by Crippen LogP contribution is 2.19. The van der Waals surface area contributed by atoms with E-state index < -0.39 is 23.2 Å². The van der Waals surface area contributed by atoms with Crippen LogP contribution in [0.15, 0.2) is 65.2 Å². The normalized spacial score (nSPS) is 12.1. The molecule has 156 valence electrons. The summed E-state index contributed by atoms with van der Waals surface area (Å²) in [4.78, 5) is 24.7. The third-order valence-corrected chi connectivity index (χ3v) is 4.07. The van der Waals surface area contributed by atoms with Gasteiger partial charge in [-0.3, -0.25) is 4.79 Å². The van der Waals surface area contributed by atoms with E-state index in [1.807, 2.05) is 0 Å². The van der Waals surface area contributed by atoms with Crippen LogP contribution in [0.4, 0.5) is 9.18 Å². The van der Waals surface area contributed by atoms with Crippen LogP contribution in [0.2, 0.25) is 0 Å². The smallest absolute Gasteiger partial charge is 0.419 e. The van der Waals surface area contributed by atoms with Crippen LogP contribution in [0.25, 0.3) is 5.76 Å². The molecule has 1 N–H and O–H groups in total. The molecule has 3 rings (SSSR count). The molecule has 0 radical (unpaired) electrons. The number of halogens is 1. The third-order valence-electron chi connectivity index (χ3n) is 4.07. The number of rotatable bonds is 5. The average molecular weight is 411 g/mol. The molecule has 0 spiro atoms. The SMILES string of the molecule is CC(C)(C)OC(=O)n1cccc1/C(O)=C/C(=O)c1ccc(Cc2ccc(F)cc2)o1. The number of furan rings is 1. The number of carbonyl (C=O) groups is 2. The van der Waals surface area contributed by atoms with Crippen LogP contribution in [0.3, 0.4) is 0 Å². The molecule has 6 nitrogen and oxygen atoms in total. The number of carbonyl (C=O) groups excluding carboxylic acids is 2. The molecular formula is C23H22FNO5. The van der Waals surface area contributed by atoms with E-state index in [0.717, 1.165) is 16.2 Å². The van der Waals surface area contributed by atoms with Crippen LogP contribution in [0.1, 0.15) is 48.3 Å². The van der Waals surface area contributed by atoms with Crippen molar-refractivity contribution in [3.8, 4) is 0 Å². The molecule has 1 aromatic carbocycles. The van der Waals surface area contributed by atoms with Gasteiger partial charge in [-0.2, -0.15) is 0 Å². The van der Waals surface area contributed by atoms with Gasteiger partial charge in [0.05, 0.1) is 5.69 Å². The summed E-state index contributed by atoms with van der Waals surface area (Å²) in [7, 11) is 0. The zero-order valence-corrected chi connectivity index (χ0v) is 16.9. The van der Waals surface area contributed by atoms with E-state index in [1.165, 1.54) is 30.5 Å². The van der Waals surface area contributed by atoms with Crippen molar-refractivity contribution in [2.24, 2.45) is 0 Å².